The number of anilines is 2. The summed E-state index contributed by atoms with van der Waals surface area (Å²) in [5.74, 6) is 0. The van der Waals surface area contributed by atoms with E-state index in [1.54, 1.807) is 0 Å². The average Bonchev–Trinajstić information content (AvgIpc) is 2.66. The standard InChI is InChI=1S/2C8H10N2S2.Cu/c2*1-12-8(11)10-9-7-5-3-2-4-6-7;/h2*2-6,9H,1H3,(H,10,11);/q;;+2/p-2. The normalized spacial score (nSPS) is 10.8. The molecule has 0 heterocycles. The topological polar surface area (TPSA) is 48.8 Å². The molecule has 0 spiro atoms. The van der Waals surface area contributed by atoms with Gasteiger partial charge in [-0.15, -0.1) is 23.5 Å². The van der Waals surface area contributed by atoms with Crippen molar-refractivity contribution in [3.05, 3.63) is 60.7 Å². The first-order chi connectivity index (χ1) is 11.7. The van der Waals surface area contributed by atoms with E-state index in [0.29, 0.717) is 8.75 Å². The van der Waals surface area contributed by atoms with Crippen LogP contribution in [0.2, 0.25) is 0 Å². The molecule has 2 aromatic rings. The number of benzene rings is 2. The van der Waals surface area contributed by atoms with Gasteiger partial charge in [-0.05, 0) is 45.5 Å². The van der Waals surface area contributed by atoms with E-state index >= 15 is 0 Å². The summed E-state index contributed by atoms with van der Waals surface area (Å²) in [6.07, 6.45) is 3.80. The average molecular weight is 458 g/mol. The minimum Gasteiger partial charge on any atom is -0.752 e. The van der Waals surface area contributed by atoms with E-state index in [1.807, 2.05) is 73.2 Å². The first-order valence-corrected chi connectivity index (χ1v) is 10.1. The molecule has 0 aliphatic heterocycles. The van der Waals surface area contributed by atoms with Crippen molar-refractivity contribution in [2.24, 2.45) is 10.2 Å². The number of nitrogens with one attached hydrogen (secondary N) is 2. The Kier molecular flexibility index (Phi) is 14.7. The van der Waals surface area contributed by atoms with Crippen molar-refractivity contribution in [3.8, 4) is 0 Å². The maximum Gasteiger partial charge on any atom is 2.00 e. The van der Waals surface area contributed by atoms with Gasteiger partial charge in [-0.1, -0.05) is 36.4 Å². The molecule has 0 aliphatic carbocycles. The molecule has 0 saturated heterocycles. The fraction of sp³-hybridized carbons (Fsp3) is 0.125. The van der Waals surface area contributed by atoms with E-state index in [0.717, 1.165) is 11.4 Å². The van der Waals surface area contributed by atoms with Crippen LogP contribution in [-0.4, -0.2) is 21.3 Å². The van der Waals surface area contributed by atoms with Gasteiger partial charge >= 0.3 is 17.1 Å². The van der Waals surface area contributed by atoms with Crippen molar-refractivity contribution in [1.82, 2.24) is 0 Å². The van der Waals surface area contributed by atoms with Crippen molar-refractivity contribution in [2.75, 3.05) is 23.4 Å². The van der Waals surface area contributed by atoms with Crippen LogP contribution in [0.1, 0.15) is 0 Å². The van der Waals surface area contributed by atoms with Gasteiger partial charge < -0.3 is 25.3 Å². The molecule has 0 aliphatic rings. The molecule has 137 valence electrons. The van der Waals surface area contributed by atoms with Gasteiger partial charge in [0.1, 0.15) is 0 Å². The van der Waals surface area contributed by atoms with Gasteiger partial charge in [0.25, 0.3) is 0 Å². The maximum absolute atomic E-state index is 4.89. The molecule has 4 nitrogen and oxygen atoms in total. The molecule has 0 saturated carbocycles. The van der Waals surface area contributed by atoms with Crippen molar-refractivity contribution >= 4 is 68.9 Å². The van der Waals surface area contributed by atoms with Crippen LogP contribution in [0.4, 0.5) is 11.4 Å². The second kappa shape index (κ2) is 15.3. The molecular formula is C16H18CuN4S4. The summed E-state index contributed by atoms with van der Waals surface area (Å²) in [5.41, 5.74) is 7.62. The Hall–Kier alpha value is -0.961. The van der Waals surface area contributed by atoms with Gasteiger partial charge in [-0.2, -0.15) is 10.2 Å². The monoisotopic (exact) mass is 457 g/mol. The molecule has 0 atom stereocenters. The molecule has 9 heteroatoms. The SMILES string of the molecule is CS/C([S-])=N/Nc1ccccc1.CS/C([S-])=N\Nc1ccccc1.[Cu+2]. The number of para-hydroxylation sites is 2. The van der Waals surface area contributed by atoms with Crippen LogP contribution in [0.15, 0.2) is 70.9 Å². The van der Waals surface area contributed by atoms with Crippen LogP contribution in [0.5, 0.6) is 0 Å². The van der Waals surface area contributed by atoms with E-state index in [2.05, 4.69) is 21.1 Å². The Morgan fingerprint density at radius 2 is 1.04 bits per heavy atom. The maximum atomic E-state index is 4.89. The van der Waals surface area contributed by atoms with E-state index in [1.165, 1.54) is 23.5 Å². The molecule has 0 fully saturated rings. The second-order valence-electron chi connectivity index (χ2n) is 4.12. The summed E-state index contributed by atoms with van der Waals surface area (Å²) >= 11 is 12.7. The summed E-state index contributed by atoms with van der Waals surface area (Å²) in [7, 11) is 0. The third kappa shape index (κ3) is 12.1. The largest absolute Gasteiger partial charge is 2.00 e. The summed E-state index contributed by atoms with van der Waals surface area (Å²) in [4.78, 5) is 0. The molecular weight excluding hydrogens is 440 g/mol. The predicted molar refractivity (Wildman–Crippen MR) is 117 cm³/mol. The molecule has 0 bridgehead atoms. The Morgan fingerprint density at radius 1 is 0.720 bits per heavy atom. The van der Waals surface area contributed by atoms with E-state index in [4.69, 9.17) is 25.3 Å². The summed E-state index contributed by atoms with van der Waals surface area (Å²) in [5, 5.41) is 7.91. The predicted octanol–water partition coefficient (Wildman–Crippen LogP) is 4.56. The molecule has 25 heavy (non-hydrogen) atoms. The van der Waals surface area contributed by atoms with Crippen LogP contribution in [0.25, 0.3) is 0 Å². The summed E-state index contributed by atoms with van der Waals surface area (Å²) in [6.45, 7) is 0. The quantitative estimate of drug-likeness (QED) is 0.231. The zero-order chi connectivity index (χ0) is 17.6. The van der Waals surface area contributed by atoms with Crippen molar-refractivity contribution in [3.63, 3.8) is 0 Å². The molecule has 0 amide bonds. The Morgan fingerprint density at radius 3 is 1.32 bits per heavy atom. The van der Waals surface area contributed by atoms with Crippen molar-refractivity contribution < 1.29 is 17.1 Å². The fourth-order valence-electron chi connectivity index (χ4n) is 1.34. The Labute approximate surface area is 179 Å². The fourth-order valence-corrected chi connectivity index (χ4v) is 1.70. The van der Waals surface area contributed by atoms with E-state index in [9.17, 15) is 0 Å². The minimum atomic E-state index is 0. The van der Waals surface area contributed by atoms with Crippen LogP contribution in [-0.2, 0) is 42.3 Å². The minimum absolute atomic E-state index is 0. The summed E-state index contributed by atoms with van der Waals surface area (Å²) in [6, 6.07) is 19.4. The van der Waals surface area contributed by atoms with Gasteiger partial charge in [0.15, 0.2) is 0 Å². The molecule has 1 radical (unpaired) electrons. The van der Waals surface area contributed by atoms with Crippen molar-refractivity contribution in [1.29, 1.82) is 0 Å². The number of thioether (sulfide) groups is 2. The number of nitrogens with zero attached hydrogens (tertiary/aromatic N) is 2. The summed E-state index contributed by atoms with van der Waals surface area (Å²) < 4.78 is 1.22. The van der Waals surface area contributed by atoms with Gasteiger partial charge in [0, 0.05) is 0 Å². The number of hydrogen-bond donors (Lipinski definition) is 2. The van der Waals surface area contributed by atoms with Gasteiger partial charge in [0.2, 0.25) is 0 Å². The Bertz CT molecular complexity index is 582. The zero-order valence-electron chi connectivity index (χ0n) is 13.6. The number of hydrazone groups is 2. The van der Waals surface area contributed by atoms with Gasteiger partial charge in [0.05, 0.1) is 11.4 Å². The molecule has 2 aromatic carbocycles. The van der Waals surface area contributed by atoms with Crippen LogP contribution in [0, 0.1) is 0 Å². The first kappa shape index (κ1) is 24.0. The molecule has 0 unspecified atom stereocenters. The van der Waals surface area contributed by atoms with Crippen LogP contribution >= 0.6 is 23.5 Å². The van der Waals surface area contributed by atoms with E-state index in [-0.39, 0.29) is 17.1 Å². The third-order valence-corrected chi connectivity index (χ3v) is 4.51. The van der Waals surface area contributed by atoms with Crippen molar-refractivity contribution in [2.45, 2.75) is 0 Å². The molecule has 0 aromatic heterocycles. The third-order valence-electron chi connectivity index (χ3n) is 2.45. The number of hydrogen-bond acceptors (Lipinski definition) is 8. The van der Waals surface area contributed by atoms with Gasteiger partial charge in [-0.25, -0.2) is 0 Å². The molecule has 2 rings (SSSR count). The first-order valence-electron chi connectivity index (χ1n) is 6.85. The molecule has 2 N–H and O–H groups in total. The van der Waals surface area contributed by atoms with E-state index < -0.39 is 0 Å². The zero-order valence-corrected chi connectivity index (χ0v) is 17.8. The number of rotatable bonds is 4. The Balaban J connectivity index is 0.000000443. The second-order valence-corrected chi connectivity index (χ2v) is 7.00. The van der Waals surface area contributed by atoms with Crippen LogP contribution < -0.4 is 10.9 Å². The smallest absolute Gasteiger partial charge is 0.752 e. The van der Waals surface area contributed by atoms with Crippen LogP contribution in [0.3, 0.4) is 0 Å². The van der Waals surface area contributed by atoms with Gasteiger partial charge in [-0.3, -0.25) is 10.9 Å².